The maximum Gasteiger partial charge on any atom is 0.126 e. The summed E-state index contributed by atoms with van der Waals surface area (Å²) in [5.41, 5.74) is 8.18. The van der Waals surface area contributed by atoms with Gasteiger partial charge in [-0.1, -0.05) is 11.6 Å². The summed E-state index contributed by atoms with van der Waals surface area (Å²) in [6.45, 7) is 1.98. The molecule has 0 bridgehead atoms. The van der Waals surface area contributed by atoms with Gasteiger partial charge >= 0.3 is 0 Å². The van der Waals surface area contributed by atoms with Crippen LogP contribution in [0.4, 0.5) is 0 Å². The van der Waals surface area contributed by atoms with Crippen molar-refractivity contribution < 1.29 is 4.74 Å². The second kappa shape index (κ2) is 6.38. The normalized spacial score (nSPS) is 12.6. The van der Waals surface area contributed by atoms with Gasteiger partial charge in [0, 0.05) is 16.6 Å². The highest BCUT2D eigenvalue weighted by Gasteiger charge is 2.14. The minimum atomic E-state index is -0.0141. The van der Waals surface area contributed by atoms with Crippen molar-refractivity contribution >= 4 is 23.4 Å². The van der Waals surface area contributed by atoms with Crippen LogP contribution in [0.5, 0.6) is 5.75 Å². The molecule has 0 spiro atoms. The molecule has 1 unspecified atom stereocenters. The molecule has 0 aliphatic rings. The third-order valence-electron chi connectivity index (χ3n) is 2.50. The SMILES string of the molecule is COc1c(C)cc(Cl)cc1C(N)CCSC. The van der Waals surface area contributed by atoms with Crippen LogP contribution in [0, 0.1) is 6.92 Å². The first-order chi connectivity index (χ1) is 7.60. The number of aryl methyl sites for hydroxylation is 1. The third kappa shape index (κ3) is 3.30. The number of methoxy groups -OCH3 is 1. The number of hydrogen-bond acceptors (Lipinski definition) is 3. The van der Waals surface area contributed by atoms with E-state index >= 15 is 0 Å². The molecule has 2 nitrogen and oxygen atoms in total. The lowest BCUT2D eigenvalue weighted by Crippen LogP contribution is -2.13. The van der Waals surface area contributed by atoms with Crippen molar-refractivity contribution in [2.24, 2.45) is 5.73 Å². The fourth-order valence-electron chi connectivity index (χ4n) is 1.71. The van der Waals surface area contributed by atoms with Crippen molar-refractivity contribution in [1.29, 1.82) is 0 Å². The van der Waals surface area contributed by atoms with Crippen molar-refractivity contribution in [3.63, 3.8) is 0 Å². The minimum absolute atomic E-state index is 0.0141. The first-order valence-electron chi connectivity index (χ1n) is 5.18. The largest absolute Gasteiger partial charge is 0.496 e. The lowest BCUT2D eigenvalue weighted by atomic mass is 10.0. The van der Waals surface area contributed by atoms with Gasteiger partial charge in [0.25, 0.3) is 0 Å². The number of halogens is 1. The van der Waals surface area contributed by atoms with Crippen LogP contribution in [0.15, 0.2) is 12.1 Å². The van der Waals surface area contributed by atoms with Crippen LogP contribution in [0.1, 0.15) is 23.6 Å². The van der Waals surface area contributed by atoms with Crippen LogP contribution in [0.2, 0.25) is 5.02 Å². The average Bonchev–Trinajstić information content (AvgIpc) is 2.24. The molecule has 1 aromatic rings. The number of rotatable bonds is 5. The lowest BCUT2D eigenvalue weighted by molar-refractivity contribution is 0.402. The maximum absolute atomic E-state index is 6.14. The van der Waals surface area contributed by atoms with Gasteiger partial charge in [-0.2, -0.15) is 11.8 Å². The average molecular weight is 260 g/mol. The first-order valence-corrected chi connectivity index (χ1v) is 6.96. The van der Waals surface area contributed by atoms with E-state index in [4.69, 9.17) is 22.1 Å². The van der Waals surface area contributed by atoms with E-state index in [1.165, 1.54) is 0 Å². The Labute approximate surface area is 107 Å². The summed E-state index contributed by atoms with van der Waals surface area (Å²) in [6.07, 6.45) is 3.00. The van der Waals surface area contributed by atoms with Gasteiger partial charge in [-0.25, -0.2) is 0 Å². The molecule has 1 atom stereocenters. The van der Waals surface area contributed by atoms with Crippen LogP contribution < -0.4 is 10.5 Å². The van der Waals surface area contributed by atoms with Crippen LogP contribution in [0.3, 0.4) is 0 Å². The molecule has 0 saturated heterocycles. The van der Waals surface area contributed by atoms with E-state index in [0.717, 1.165) is 29.1 Å². The highest BCUT2D eigenvalue weighted by atomic mass is 35.5. The molecule has 1 rings (SSSR count). The molecular formula is C12H18ClNOS. The number of hydrogen-bond donors (Lipinski definition) is 1. The number of ether oxygens (including phenoxy) is 1. The summed E-state index contributed by atoms with van der Waals surface area (Å²) >= 11 is 7.83. The van der Waals surface area contributed by atoms with Crippen LogP contribution in [-0.2, 0) is 0 Å². The van der Waals surface area contributed by atoms with Gasteiger partial charge in [0.1, 0.15) is 5.75 Å². The fourth-order valence-corrected chi connectivity index (χ4v) is 2.48. The van der Waals surface area contributed by atoms with E-state index in [1.54, 1.807) is 18.9 Å². The van der Waals surface area contributed by atoms with Gasteiger partial charge in [-0.3, -0.25) is 0 Å². The molecule has 2 N–H and O–H groups in total. The van der Waals surface area contributed by atoms with Gasteiger partial charge in [0.15, 0.2) is 0 Å². The molecule has 0 aliphatic heterocycles. The molecule has 0 fully saturated rings. The Morgan fingerprint density at radius 3 is 2.75 bits per heavy atom. The van der Waals surface area contributed by atoms with E-state index in [-0.39, 0.29) is 6.04 Å². The molecule has 0 saturated carbocycles. The summed E-state index contributed by atoms with van der Waals surface area (Å²) in [4.78, 5) is 0. The standard InChI is InChI=1S/C12H18ClNOS/c1-8-6-9(13)7-10(12(8)15-2)11(14)4-5-16-3/h6-7,11H,4-5,14H2,1-3H3. The fraction of sp³-hybridized carbons (Fsp3) is 0.500. The predicted octanol–water partition coefficient (Wildman–Crippen LogP) is 3.41. The van der Waals surface area contributed by atoms with Gasteiger partial charge in [0.05, 0.1) is 7.11 Å². The Morgan fingerprint density at radius 1 is 1.50 bits per heavy atom. The van der Waals surface area contributed by atoms with Crippen molar-refractivity contribution in [1.82, 2.24) is 0 Å². The minimum Gasteiger partial charge on any atom is -0.496 e. The van der Waals surface area contributed by atoms with Crippen molar-refractivity contribution in [2.75, 3.05) is 19.1 Å². The van der Waals surface area contributed by atoms with Gasteiger partial charge < -0.3 is 10.5 Å². The Bertz CT molecular complexity index is 357. The summed E-state index contributed by atoms with van der Waals surface area (Å²) in [7, 11) is 1.67. The zero-order chi connectivity index (χ0) is 12.1. The number of nitrogens with two attached hydrogens (primary N) is 1. The highest BCUT2D eigenvalue weighted by molar-refractivity contribution is 7.98. The van der Waals surface area contributed by atoms with Crippen molar-refractivity contribution in [2.45, 2.75) is 19.4 Å². The monoisotopic (exact) mass is 259 g/mol. The second-order valence-electron chi connectivity index (χ2n) is 3.73. The zero-order valence-corrected chi connectivity index (χ0v) is 11.5. The van der Waals surface area contributed by atoms with Gasteiger partial charge in [-0.05, 0) is 43.0 Å². The van der Waals surface area contributed by atoms with E-state index in [1.807, 2.05) is 19.1 Å². The van der Waals surface area contributed by atoms with Crippen molar-refractivity contribution in [3.8, 4) is 5.75 Å². The maximum atomic E-state index is 6.14. The topological polar surface area (TPSA) is 35.2 Å². The third-order valence-corrected chi connectivity index (χ3v) is 3.37. The Kier molecular flexibility index (Phi) is 5.46. The highest BCUT2D eigenvalue weighted by Crippen LogP contribution is 2.32. The summed E-state index contributed by atoms with van der Waals surface area (Å²) in [6, 6.07) is 3.78. The van der Waals surface area contributed by atoms with Crippen LogP contribution in [0.25, 0.3) is 0 Å². The summed E-state index contributed by atoms with van der Waals surface area (Å²) in [5, 5.41) is 0.716. The van der Waals surface area contributed by atoms with E-state index in [2.05, 4.69) is 6.26 Å². The Hall–Kier alpha value is -0.380. The summed E-state index contributed by atoms with van der Waals surface area (Å²) < 4.78 is 5.39. The second-order valence-corrected chi connectivity index (χ2v) is 5.16. The smallest absolute Gasteiger partial charge is 0.126 e. The number of benzene rings is 1. The quantitative estimate of drug-likeness (QED) is 0.880. The lowest BCUT2D eigenvalue weighted by Gasteiger charge is -2.17. The molecule has 4 heteroatoms. The zero-order valence-electron chi connectivity index (χ0n) is 9.92. The molecule has 0 radical (unpaired) electrons. The van der Waals surface area contributed by atoms with Crippen LogP contribution >= 0.6 is 23.4 Å². The van der Waals surface area contributed by atoms with E-state index < -0.39 is 0 Å². The summed E-state index contributed by atoms with van der Waals surface area (Å²) in [5.74, 6) is 1.90. The Morgan fingerprint density at radius 2 is 2.19 bits per heavy atom. The van der Waals surface area contributed by atoms with E-state index in [9.17, 15) is 0 Å². The number of thioether (sulfide) groups is 1. The van der Waals surface area contributed by atoms with E-state index in [0.29, 0.717) is 5.02 Å². The van der Waals surface area contributed by atoms with Gasteiger partial charge in [0.2, 0.25) is 0 Å². The molecular weight excluding hydrogens is 242 g/mol. The molecule has 90 valence electrons. The molecule has 0 amide bonds. The van der Waals surface area contributed by atoms with Crippen molar-refractivity contribution in [3.05, 3.63) is 28.3 Å². The molecule has 0 aliphatic carbocycles. The molecule has 0 aromatic heterocycles. The van der Waals surface area contributed by atoms with Crippen LogP contribution in [-0.4, -0.2) is 19.1 Å². The predicted molar refractivity (Wildman–Crippen MR) is 72.7 cm³/mol. The molecule has 1 aromatic carbocycles. The molecule has 0 heterocycles. The molecule has 16 heavy (non-hydrogen) atoms. The first kappa shape index (κ1) is 13.7. The Balaban J connectivity index is 3.00. The van der Waals surface area contributed by atoms with Gasteiger partial charge in [-0.15, -0.1) is 0 Å².